The van der Waals surface area contributed by atoms with E-state index in [2.05, 4.69) is 10.6 Å². The Balaban J connectivity index is 1.98. The molecule has 0 aliphatic rings. The summed E-state index contributed by atoms with van der Waals surface area (Å²) in [4.78, 5) is 12.4. The van der Waals surface area contributed by atoms with Crippen LogP contribution in [0.25, 0.3) is 0 Å². The minimum Gasteiger partial charge on any atom is -0.490 e. The zero-order chi connectivity index (χ0) is 18.9. The second-order valence-corrected chi connectivity index (χ2v) is 5.89. The Hall–Kier alpha value is -2.22. The SMILES string of the molecule is CCOCCOc1ccccc1C(=O)NC(=S)Nc1ccc(F)c(Cl)c1. The first-order valence-electron chi connectivity index (χ1n) is 7.88. The van der Waals surface area contributed by atoms with Crippen LogP contribution >= 0.6 is 23.8 Å². The molecule has 2 N–H and O–H groups in total. The Morgan fingerprint density at radius 2 is 2.00 bits per heavy atom. The molecule has 0 bridgehead atoms. The van der Waals surface area contributed by atoms with Gasteiger partial charge in [0.2, 0.25) is 0 Å². The molecule has 0 heterocycles. The predicted octanol–water partition coefficient (Wildman–Crippen LogP) is 4.02. The van der Waals surface area contributed by atoms with Gasteiger partial charge in [0.15, 0.2) is 5.11 Å². The molecule has 2 aromatic carbocycles. The Kier molecular flexibility index (Phi) is 7.77. The van der Waals surface area contributed by atoms with Crippen LogP contribution in [-0.4, -0.2) is 30.8 Å². The number of ether oxygens (including phenoxy) is 2. The van der Waals surface area contributed by atoms with E-state index < -0.39 is 11.7 Å². The Bertz CT molecular complexity index is 789. The molecule has 0 unspecified atom stereocenters. The predicted molar refractivity (Wildman–Crippen MR) is 104 cm³/mol. The molecule has 0 saturated heterocycles. The van der Waals surface area contributed by atoms with Crippen LogP contribution in [-0.2, 0) is 4.74 Å². The highest BCUT2D eigenvalue weighted by molar-refractivity contribution is 7.80. The first-order chi connectivity index (χ1) is 12.5. The highest BCUT2D eigenvalue weighted by atomic mass is 35.5. The van der Waals surface area contributed by atoms with Crippen molar-refractivity contribution >= 4 is 40.5 Å². The van der Waals surface area contributed by atoms with Crippen LogP contribution in [0.3, 0.4) is 0 Å². The zero-order valence-corrected chi connectivity index (χ0v) is 15.6. The van der Waals surface area contributed by atoms with E-state index in [1.54, 1.807) is 24.3 Å². The number of hydrogen-bond donors (Lipinski definition) is 2. The molecule has 8 heteroatoms. The van der Waals surface area contributed by atoms with Crippen molar-refractivity contribution in [1.29, 1.82) is 0 Å². The minimum atomic E-state index is -0.537. The summed E-state index contributed by atoms with van der Waals surface area (Å²) < 4.78 is 24.0. The van der Waals surface area contributed by atoms with Gasteiger partial charge in [-0.15, -0.1) is 0 Å². The summed E-state index contributed by atoms with van der Waals surface area (Å²) in [5, 5.41) is 5.34. The number of carbonyl (C=O) groups excluding carboxylic acids is 1. The van der Waals surface area contributed by atoms with E-state index in [0.717, 1.165) is 0 Å². The second kappa shape index (κ2) is 10.1. The third-order valence-corrected chi connectivity index (χ3v) is 3.72. The zero-order valence-electron chi connectivity index (χ0n) is 14.1. The number of amides is 1. The van der Waals surface area contributed by atoms with Gasteiger partial charge in [-0.05, 0) is 49.5 Å². The van der Waals surface area contributed by atoms with E-state index in [0.29, 0.717) is 36.8 Å². The average molecular weight is 397 g/mol. The second-order valence-electron chi connectivity index (χ2n) is 5.08. The number of hydrogen-bond acceptors (Lipinski definition) is 4. The van der Waals surface area contributed by atoms with E-state index in [9.17, 15) is 9.18 Å². The fraction of sp³-hybridized carbons (Fsp3) is 0.222. The number of benzene rings is 2. The van der Waals surface area contributed by atoms with Gasteiger partial charge in [-0.25, -0.2) is 4.39 Å². The quantitative estimate of drug-likeness (QED) is 0.546. The molecule has 2 aromatic rings. The molecule has 0 aliphatic carbocycles. The van der Waals surface area contributed by atoms with Gasteiger partial charge in [0.25, 0.3) is 5.91 Å². The number of thiocarbonyl (C=S) groups is 1. The van der Waals surface area contributed by atoms with Crippen molar-refractivity contribution in [2.75, 3.05) is 25.1 Å². The number of para-hydroxylation sites is 1. The highest BCUT2D eigenvalue weighted by Crippen LogP contribution is 2.20. The van der Waals surface area contributed by atoms with E-state index in [4.69, 9.17) is 33.3 Å². The average Bonchev–Trinajstić information content (AvgIpc) is 2.62. The molecular weight excluding hydrogens is 379 g/mol. The molecule has 5 nitrogen and oxygen atoms in total. The maximum absolute atomic E-state index is 13.2. The van der Waals surface area contributed by atoms with Crippen LogP contribution in [0.5, 0.6) is 5.75 Å². The lowest BCUT2D eigenvalue weighted by atomic mass is 10.2. The van der Waals surface area contributed by atoms with Crippen molar-refractivity contribution in [3.05, 3.63) is 58.9 Å². The molecule has 0 aliphatic heterocycles. The molecule has 0 fully saturated rings. The highest BCUT2D eigenvalue weighted by Gasteiger charge is 2.14. The van der Waals surface area contributed by atoms with E-state index in [1.165, 1.54) is 18.2 Å². The molecule has 0 atom stereocenters. The molecule has 0 aromatic heterocycles. The topological polar surface area (TPSA) is 59.6 Å². The number of nitrogens with one attached hydrogen (secondary N) is 2. The molecule has 0 spiro atoms. The fourth-order valence-electron chi connectivity index (χ4n) is 2.04. The van der Waals surface area contributed by atoms with Crippen molar-refractivity contribution in [2.24, 2.45) is 0 Å². The number of rotatable bonds is 7. The Labute approximate surface area is 161 Å². The van der Waals surface area contributed by atoms with Crippen LogP contribution in [0.4, 0.5) is 10.1 Å². The van der Waals surface area contributed by atoms with Crippen LogP contribution < -0.4 is 15.4 Å². The molecule has 2 rings (SSSR count). The number of carbonyl (C=O) groups is 1. The van der Waals surface area contributed by atoms with Crippen molar-refractivity contribution in [1.82, 2.24) is 5.32 Å². The largest absolute Gasteiger partial charge is 0.490 e. The third kappa shape index (κ3) is 5.94. The minimum absolute atomic E-state index is 0.0443. The first kappa shape index (κ1) is 20.1. The van der Waals surface area contributed by atoms with Crippen molar-refractivity contribution in [2.45, 2.75) is 6.92 Å². The van der Waals surface area contributed by atoms with E-state index in [-0.39, 0.29) is 10.1 Å². The summed E-state index contributed by atoms with van der Waals surface area (Å²) in [6.07, 6.45) is 0. The van der Waals surface area contributed by atoms with Gasteiger partial charge >= 0.3 is 0 Å². The van der Waals surface area contributed by atoms with Gasteiger partial charge in [0.05, 0.1) is 17.2 Å². The van der Waals surface area contributed by atoms with Crippen LogP contribution in [0, 0.1) is 5.82 Å². The molecule has 0 radical (unpaired) electrons. The summed E-state index contributed by atoms with van der Waals surface area (Å²) in [6, 6.07) is 10.9. The molecule has 1 amide bonds. The lowest BCUT2D eigenvalue weighted by Crippen LogP contribution is -2.34. The summed E-state index contributed by atoms with van der Waals surface area (Å²) in [5.74, 6) is -0.537. The van der Waals surface area contributed by atoms with E-state index in [1.807, 2.05) is 6.92 Å². The van der Waals surface area contributed by atoms with Gasteiger partial charge in [0, 0.05) is 12.3 Å². The smallest absolute Gasteiger partial charge is 0.261 e. The standard InChI is InChI=1S/C18H18ClFN2O3S/c1-2-24-9-10-25-16-6-4-3-5-13(16)17(23)22-18(26)21-12-7-8-15(20)14(19)11-12/h3-8,11H,2,9-10H2,1H3,(H2,21,22,23,26). The number of anilines is 1. The van der Waals surface area contributed by atoms with Gasteiger partial charge in [-0.1, -0.05) is 23.7 Å². The van der Waals surface area contributed by atoms with Gasteiger partial charge in [-0.2, -0.15) is 0 Å². The van der Waals surface area contributed by atoms with Gasteiger partial charge in [-0.3, -0.25) is 10.1 Å². The molecular formula is C18H18ClFN2O3S. The summed E-state index contributed by atoms with van der Waals surface area (Å²) >= 11 is 10.8. The van der Waals surface area contributed by atoms with Gasteiger partial charge < -0.3 is 14.8 Å². The maximum atomic E-state index is 13.2. The number of halogens is 2. The first-order valence-corrected chi connectivity index (χ1v) is 8.67. The lowest BCUT2D eigenvalue weighted by molar-refractivity contribution is 0.0958. The summed E-state index contributed by atoms with van der Waals surface area (Å²) in [6.45, 7) is 3.25. The normalized spacial score (nSPS) is 10.3. The Morgan fingerprint density at radius 1 is 1.23 bits per heavy atom. The monoisotopic (exact) mass is 396 g/mol. The molecule has 138 valence electrons. The van der Waals surface area contributed by atoms with Crippen LogP contribution in [0.15, 0.2) is 42.5 Å². The summed E-state index contributed by atoms with van der Waals surface area (Å²) in [5.41, 5.74) is 0.799. The van der Waals surface area contributed by atoms with E-state index >= 15 is 0 Å². The fourth-order valence-corrected chi connectivity index (χ4v) is 2.43. The Morgan fingerprint density at radius 3 is 2.73 bits per heavy atom. The molecule has 26 heavy (non-hydrogen) atoms. The van der Waals surface area contributed by atoms with Crippen LogP contribution in [0.2, 0.25) is 5.02 Å². The summed E-state index contributed by atoms with van der Waals surface area (Å²) in [7, 11) is 0. The lowest BCUT2D eigenvalue weighted by Gasteiger charge is -2.13. The molecule has 0 saturated carbocycles. The third-order valence-electron chi connectivity index (χ3n) is 3.23. The maximum Gasteiger partial charge on any atom is 0.261 e. The van der Waals surface area contributed by atoms with Gasteiger partial charge in [0.1, 0.15) is 18.2 Å². The van der Waals surface area contributed by atoms with Crippen molar-refractivity contribution < 1.29 is 18.7 Å². The van der Waals surface area contributed by atoms with Crippen LogP contribution in [0.1, 0.15) is 17.3 Å². The van der Waals surface area contributed by atoms with Crippen molar-refractivity contribution in [3.63, 3.8) is 0 Å². The van der Waals surface area contributed by atoms with Crippen molar-refractivity contribution in [3.8, 4) is 5.75 Å².